The van der Waals surface area contributed by atoms with Crippen molar-refractivity contribution in [1.29, 1.82) is 0 Å². The van der Waals surface area contributed by atoms with E-state index in [0.29, 0.717) is 22.5 Å². The van der Waals surface area contributed by atoms with Gasteiger partial charge in [-0.2, -0.15) is 0 Å². The molecule has 0 aliphatic heterocycles. The molecule has 0 saturated carbocycles. The second-order valence-corrected chi connectivity index (χ2v) is 5.87. The van der Waals surface area contributed by atoms with Crippen molar-refractivity contribution >= 4 is 29.1 Å². The van der Waals surface area contributed by atoms with E-state index in [1.807, 2.05) is 6.07 Å². The predicted octanol–water partition coefficient (Wildman–Crippen LogP) is 2.70. The van der Waals surface area contributed by atoms with E-state index >= 15 is 0 Å². The third kappa shape index (κ3) is 5.25. The van der Waals surface area contributed by atoms with Crippen molar-refractivity contribution in [2.75, 3.05) is 17.2 Å². The van der Waals surface area contributed by atoms with E-state index in [2.05, 4.69) is 20.9 Å². The number of benzene rings is 2. The molecule has 0 aliphatic rings. The van der Waals surface area contributed by atoms with E-state index in [-0.39, 0.29) is 24.3 Å². The lowest BCUT2D eigenvalue weighted by Crippen LogP contribution is -2.32. The average molecular weight is 374 g/mol. The Morgan fingerprint density at radius 2 is 1.46 bits per heavy atom. The molecule has 7 nitrogen and oxygen atoms in total. The molecule has 1 heterocycles. The first-order valence-corrected chi connectivity index (χ1v) is 8.56. The topological polar surface area (TPSA) is 100 Å². The second kappa shape index (κ2) is 9.09. The van der Waals surface area contributed by atoms with Gasteiger partial charge in [-0.25, -0.2) is 0 Å². The van der Waals surface area contributed by atoms with Crippen LogP contribution in [-0.4, -0.2) is 29.3 Å². The summed E-state index contributed by atoms with van der Waals surface area (Å²) in [4.78, 5) is 40.1. The molecule has 7 heteroatoms. The van der Waals surface area contributed by atoms with Crippen molar-refractivity contribution in [2.45, 2.75) is 0 Å². The summed E-state index contributed by atoms with van der Waals surface area (Å²) in [5.74, 6) is -1.00. The zero-order valence-corrected chi connectivity index (χ0v) is 14.9. The number of carbonyl (C=O) groups is 3. The van der Waals surface area contributed by atoms with E-state index < -0.39 is 0 Å². The van der Waals surface area contributed by atoms with Gasteiger partial charge in [-0.05, 0) is 42.5 Å². The molecule has 3 aromatic rings. The number of carbonyl (C=O) groups excluding carboxylic acids is 3. The third-order valence-corrected chi connectivity index (χ3v) is 3.77. The van der Waals surface area contributed by atoms with Gasteiger partial charge in [0.25, 0.3) is 11.8 Å². The van der Waals surface area contributed by atoms with E-state index in [1.54, 1.807) is 66.9 Å². The highest BCUT2D eigenvalue weighted by Gasteiger charge is 2.09. The number of nitrogens with zero attached hydrogens (tertiary/aromatic N) is 1. The summed E-state index contributed by atoms with van der Waals surface area (Å²) < 4.78 is 0. The van der Waals surface area contributed by atoms with Crippen LogP contribution >= 0.6 is 0 Å². The lowest BCUT2D eigenvalue weighted by atomic mass is 10.2. The van der Waals surface area contributed by atoms with Crippen molar-refractivity contribution in [3.8, 4) is 0 Å². The van der Waals surface area contributed by atoms with Crippen LogP contribution in [0.15, 0.2) is 79.1 Å². The Bertz CT molecular complexity index is 975. The van der Waals surface area contributed by atoms with Crippen LogP contribution in [0.5, 0.6) is 0 Å². The maximum Gasteiger partial charge on any atom is 0.257 e. The fourth-order valence-corrected chi connectivity index (χ4v) is 2.43. The lowest BCUT2D eigenvalue weighted by molar-refractivity contribution is -0.115. The molecule has 0 atom stereocenters. The van der Waals surface area contributed by atoms with E-state index in [0.717, 1.165) is 0 Å². The number of rotatable bonds is 6. The Morgan fingerprint density at radius 3 is 2.18 bits per heavy atom. The molecular weight excluding hydrogens is 356 g/mol. The largest absolute Gasteiger partial charge is 0.343 e. The van der Waals surface area contributed by atoms with Gasteiger partial charge in [-0.1, -0.05) is 24.3 Å². The van der Waals surface area contributed by atoms with E-state index in [9.17, 15) is 14.4 Å². The number of hydrogen-bond acceptors (Lipinski definition) is 4. The summed E-state index contributed by atoms with van der Waals surface area (Å²) in [6.45, 7) is -0.167. The molecule has 3 amide bonds. The maximum atomic E-state index is 12.2. The quantitative estimate of drug-likeness (QED) is 0.618. The normalized spacial score (nSPS) is 10.0. The molecule has 2 aromatic carbocycles. The summed E-state index contributed by atoms with van der Waals surface area (Å²) in [7, 11) is 0. The molecule has 1 aromatic heterocycles. The van der Waals surface area contributed by atoms with Gasteiger partial charge in [0.05, 0.1) is 12.1 Å². The Kier molecular flexibility index (Phi) is 6.10. The summed E-state index contributed by atoms with van der Waals surface area (Å²) in [5, 5.41) is 7.99. The first-order chi connectivity index (χ1) is 13.6. The minimum atomic E-state index is -0.375. The highest BCUT2D eigenvalue weighted by molar-refractivity contribution is 6.04. The first-order valence-electron chi connectivity index (χ1n) is 8.56. The van der Waals surface area contributed by atoms with Crippen LogP contribution in [-0.2, 0) is 4.79 Å². The van der Waals surface area contributed by atoms with Gasteiger partial charge in [0.1, 0.15) is 0 Å². The van der Waals surface area contributed by atoms with Crippen molar-refractivity contribution < 1.29 is 14.4 Å². The van der Waals surface area contributed by atoms with Gasteiger partial charge in [-0.3, -0.25) is 19.4 Å². The second-order valence-electron chi connectivity index (χ2n) is 5.87. The maximum absolute atomic E-state index is 12.2. The molecule has 0 bridgehead atoms. The summed E-state index contributed by atoms with van der Waals surface area (Å²) in [6, 6.07) is 18.7. The monoisotopic (exact) mass is 374 g/mol. The number of aromatic nitrogens is 1. The van der Waals surface area contributed by atoms with Gasteiger partial charge >= 0.3 is 0 Å². The van der Waals surface area contributed by atoms with Crippen molar-refractivity contribution in [3.63, 3.8) is 0 Å². The zero-order chi connectivity index (χ0) is 19.8. The summed E-state index contributed by atoms with van der Waals surface area (Å²) in [5.41, 5.74) is 1.94. The van der Waals surface area contributed by atoms with Crippen LogP contribution in [0.1, 0.15) is 20.7 Å². The van der Waals surface area contributed by atoms with Crippen molar-refractivity contribution in [2.24, 2.45) is 0 Å². The standard InChI is InChI=1S/C21H18N4O3/c26-19(14-23-20(27)15-6-2-1-3-7-15)24-17-9-4-10-18(12-17)25-21(28)16-8-5-11-22-13-16/h1-13H,14H2,(H,23,27)(H,24,26)(H,25,28). The minimum Gasteiger partial charge on any atom is -0.343 e. The summed E-state index contributed by atoms with van der Waals surface area (Å²) in [6.07, 6.45) is 3.06. The van der Waals surface area contributed by atoms with Crippen LogP contribution in [0, 0.1) is 0 Å². The summed E-state index contributed by atoms with van der Waals surface area (Å²) >= 11 is 0. The van der Waals surface area contributed by atoms with Crippen LogP contribution in [0.25, 0.3) is 0 Å². The Labute approximate surface area is 161 Å². The van der Waals surface area contributed by atoms with Gasteiger partial charge in [-0.15, -0.1) is 0 Å². The van der Waals surface area contributed by atoms with Crippen molar-refractivity contribution in [3.05, 3.63) is 90.3 Å². The van der Waals surface area contributed by atoms with E-state index in [1.165, 1.54) is 6.20 Å². The Hall–Kier alpha value is -4.00. The first kappa shape index (κ1) is 18.8. The fourth-order valence-electron chi connectivity index (χ4n) is 2.43. The highest BCUT2D eigenvalue weighted by Crippen LogP contribution is 2.16. The SMILES string of the molecule is O=C(CNC(=O)c1ccccc1)Nc1cccc(NC(=O)c2cccnc2)c1. The molecule has 0 spiro atoms. The minimum absolute atomic E-state index is 0.167. The highest BCUT2D eigenvalue weighted by atomic mass is 16.2. The third-order valence-electron chi connectivity index (χ3n) is 3.77. The van der Waals surface area contributed by atoms with Crippen LogP contribution in [0.3, 0.4) is 0 Å². The Morgan fingerprint density at radius 1 is 0.750 bits per heavy atom. The average Bonchev–Trinajstić information content (AvgIpc) is 2.73. The smallest absolute Gasteiger partial charge is 0.257 e. The number of amides is 3. The van der Waals surface area contributed by atoms with Crippen LogP contribution < -0.4 is 16.0 Å². The van der Waals surface area contributed by atoms with Gasteiger partial charge < -0.3 is 16.0 Å². The number of nitrogens with one attached hydrogen (secondary N) is 3. The molecule has 0 aliphatic carbocycles. The van der Waals surface area contributed by atoms with E-state index in [4.69, 9.17) is 0 Å². The molecule has 0 unspecified atom stereocenters. The molecule has 140 valence electrons. The molecule has 0 saturated heterocycles. The molecular formula is C21H18N4O3. The number of hydrogen-bond donors (Lipinski definition) is 3. The number of pyridine rings is 1. The zero-order valence-electron chi connectivity index (χ0n) is 14.9. The van der Waals surface area contributed by atoms with Gasteiger partial charge in [0.2, 0.25) is 5.91 Å². The van der Waals surface area contributed by atoms with Gasteiger partial charge in [0, 0.05) is 29.3 Å². The predicted molar refractivity (Wildman–Crippen MR) is 106 cm³/mol. The number of anilines is 2. The molecule has 3 N–H and O–H groups in total. The molecule has 3 rings (SSSR count). The molecule has 0 fully saturated rings. The lowest BCUT2D eigenvalue weighted by Gasteiger charge is -2.09. The Balaban J connectivity index is 1.54. The van der Waals surface area contributed by atoms with Crippen molar-refractivity contribution in [1.82, 2.24) is 10.3 Å². The molecule has 28 heavy (non-hydrogen) atoms. The van der Waals surface area contributed by atoms with Gasteiger partial charge in [0.15, 0.2) is 0 Å². The fraction of sp³-hybridized carbons (Fsp3) is 0.0476. The molecule has 0 radical (unpaired) electrons. The van der Waals surface area contributed by atoms with Crippen LogP contribution in [0.4, 0.5) is 11.4 Å². The van der Waals surface area contributed by atoms with Crippen LogP contribution in [0.2, 0.25) is 0 Å².